The van der Waals surface area contributed by atoms with Crippen molar-refractivity contribution in [3.63, 3.8) is 0 Å². The maximum Gasteiger partial charge on any atom is 0.0593 e. The molecule has 0 radical (unpaired) electrons. The SMILES string of the molecule is CC1CC(C)(C)SS1.CCC(C)N(O)O. The fourth-order valence-corrected chi connectivity index (χ4v) is 4.15. The molecule has 1 rings (SSSR count). The van der Waals surface area contributed by atoms with Gasteiger partial charge in [-0.1, -0.05) is 40.7 Å². The Balaban J connectivity index is 0.000000265. The van der Waals surface area contributed by atoms with Gasteiger partial charge in [-0.15, -0.1) is 0 Å². The van der Waals surface area contributed by atoms with E-state index in [9.17, 15) is 0 Å². The largest absolute Gasteiger partial charge is 0.289 e. The molecule has 0 aromatic carbocycles. The van der Waals surface area contributed by atoms with Crippen molar-refractivity contribution in [2.75, 3.05) is 0 Å². The van der Waals surface area contributed by atoms with E-state index in [0.29, 0.717) is 4.75 Å². The highest BCUT2D eigenvalue weighted by molar-refractivity contribution is 8.77. The van der Waals surface area contributed by atoms with Gasteiger partial charge in [-0.25, -0.2) is 0 Å². The zero-order chi connectivity index (χ0) is 12.1. The number of rotatable bonds is 2. The molecule has 0 aliphatic carbocycles. The molecule has 2 N–H and O–H groups in total. The van der Waals surface area contributed by atoms with E-state index in [1.54, 1.807) is 6.92 Å². The van der Waals surface area contributed by atoms with E-state index in [2.05, 4.69) is 20.8 Å². The Morgan fingerprint density at radius 1 is 1.47 bits per heavy atom. The summed E-state index contributed by atoms with van der Waals surface area (Å²) in [5.74, 6) is 0. The minimum atomic E-state index is -0.153. The molecule has 0 bridgehead atoms. The molecule has 1 aliphatic rings. The van der Waals surface area contributed by atoms with Crippen LogP contribution in [0.25, 0.3) is 0 Å². The van der Waals surface area contributed by atoms with Gasteiger partial charge in [0, 0.05) is 10.00 Å². The lowest BCUT2D eigenvalue weighted by molar-refractivity contribution is -0.328. The summed E-state index contributed by atoms with van der Waals surface area (Å²) in [6, 6.07) is -0.153. The van der Waals surface area contributed by atoms with Crippen molar-refractivity contribution in [2.45, 2.75) is 63.5 Å². The molecule has 0 aromatic heterocycles. The van der Waals surface area contributed by atoms with Crippen LogP contribution in [0.15, 0.2) is 0 Å². The predicted octanol–water partition coefficient (Wildman–Crippen LogP) is 3.80. The maximum absolute atomic E-state index is 8.21. The molecule has 1 fully saturated rings. The molecular weight excluding hydrogens is 230 g/mol. The topological polar surface area (TPSA) is 43.7 Å². The predicted molar refractivity (Wildman–Crippen MR) is 68.5 cm³/mol. The number of hydrogen-bond acceptors (Lipinski definition) is 5. The van der Waals surface area contributed by atoms with Gasteiger partial charge in [-0.05, 0) is 33.6 Å². The van der Waals surface area contributed by atoms with Crippen LogP contribution >= 0.6 is 21.6 Å². The first-order valence-corrected chi connectivity index (χ1v) is 7.51. The van der Waals surface area contributed by atoms with Gasteiger partial charge in [-0.2, -0.15) is 0 Å². The zero-order valence-electron chi connectivity index (χ0n) is 10.2. The fraction of sp³-hybridized carbons (Fsp3) is 1.00. The van der Waals surface area contributed by atoms with Crippen LogP contribution in [0.4, 0.5) is 0 Å². The maximum atomic E-state index is 8.21. The second-order valence-corrected chi connectivity index (χ2v) is 7.88. The number of nitrogens with zero attached hydrogens (tertiary/aromatic N) is 1. The Bertz CT molecular complexity index is 177. The van der Waals surface area contributed by atoms with E-state index in [1.807, 2.05) is 28.5 Å². The van der Waals surface area contributed by atoms with Crippen LogP contribution in [0.2, 0.25) is 0 Å². The summed E-state index contributed by atoms with van der Waals surface area (Å²) in [5.41, 5.74) is 0. The van der Waals surface area contributed by atoms with Gasteiger partial charge in [0.25, 0.3) is 0 Å². The van der Waals surface area contributed by atoms with E-state index in [1.165, 1.54) is 6.42 Å². The third-order valence-corrected chi connectivity index (χ3v) is 6.04. The highest BCUT2D eigenvalue weighted by Gasteiger charge is 2.29. The Morgan fingerprint density at radius 3 is 2.07 bits per heavy atom. The van der Waals surface area contributed by atoms with Gasteiger partial charge in [0.05, 0.1) is 6.04 Å². The lowest BCUT2D eigenvalue weighted by Gasteiger charge is -2.12. The summed E-state index contributed by atoms with van der Waals surface area (Å²) in [5, 5.41) is 17.5. The smallest absolute Gasteiger partial charge is 0.0593 e. The van der Waals surface area contributed by atoms with Crippen molar-refractivity contribution in [1.29, 1.82) is 0 Å². The zero-order valence-corrected chi connectivity index (χ0v) is 11.9. The highest BCUT2D eigenvalue weighted by Crippen LogP contribution is 2.50. The van der Waals surface area contributed by atoms with Crippen molar-refractivity contribution in [3.8, 4) is 0 Å². The Labute approximate surface area is 101 Å². The van der Waals surface area contributed by atoms with E-state index in [4.69, 9.17) is 10.4 Å². The number of hydroxylamine groups is 2. The molecular formula is C10H23NO2S2. The summed E-state index contributed by atoms with van der Waals surface area (Å²) in [4.78, 5) is 0. The first kappa shape index (κ1) is 15.6. The van der Waals surface area contributed by atoms with Crippen LogP contribution in [0, 0.1) is 0 Å². The van der Waals surface area contributed by atoms with Crippen LogP contribution < -0.4 is 0 Å². The second kappa shape index (κ2) is 7.01. The quantitative estimate of drug-likeness (QED) is 0.579. The average Bonchev–Trinajstić information content (AvgIpc) is 2.43. The molecule has 2 atom stereocenters. The lowest BCUT2D eigenvalue weighted by atomic mass is 10.1. The summed E-state index contributed by atoms with van der Waals surface area (Å²) in [7, 11) is 4.05. The van der Waals surface area contributed by atoms with Crippen LogP contribution in [-0.4, -0.2) is 31.7 Å². The van der Waals surface area contributed by atoms with Crippen molar-refractivity contribution in [2.24, 2.45) is 0 Å². The van der Waals surface area contributed by atoms with Gasteiger partial charge in [0.15, 0.2) is 0 Å². The minimum absolute atomic E-state index is 0.153. The first-order valence-electron chi connectivity index (χ1n) is 5.30. The Morgan fingerprint density at radius 2 is 2.00 bits per heavy atom. The van der Waals surface area contributed by atoms with E-state index >= 15 is 0 Å². The van der Waals surface area contributed by atoms with Crippen LogP contribution in [0.5, 0.6) is 0 Å². The van der Waals surface area contributed by atoms with E-state index < -0.39 is 0 Å². The van der Waals surface area contributed by atoms with Crippen LogP contribution in [-0.2, 0) is 0 Å². The minimum Gasteiger partial charge on any atom is -0.289 e. The number of hydrogen-bond donors (Lipinski definition) is 2. The third-order valence-electron chi connectivity index (χ3n) is 2.20. The summed E-state index contributed by atoms with van der Waals surface area (Å²) in [6.07, 6.45) is 2.11. The summed E-state index contributed by atoms with van der Waals surface area (Å²) in [6.45, 7) is 10.5. The van der Waals surface area contributed by atoms with Gasteiger partial charge < -0.3 is 0 Å². The molecule has 15 heavy (non-hydrogen) atoms. The molecule has 2 unspecified atom stereocenters. The lowest BCUT2D eigenvalue weighted by Crippen LogP contribution is -2.24. The molecule has 0 saturated carbocycles. The van der Waals surface area contributed by atoms with E-state index in [0.717, 1.165) is 11.7 Å². The van der Waals surface area contributed by atoms with Gasteiger partial charge in [-0.3, -0.25) is 10.4 Å². The third kappa shape index (κ3) is 7.47. The normalized spacial score (nSPS) is 26.0. The molecule has 1 saturated heterocycles. The van der Waals surface area contributed by atoms with Gasteiger partial charge in [0.1, 0.15) is 0 Å². The fourth-order valence-electron chi connectivity index (χ4n) is 1.14. The molecule has 5 heteroatoms. The van der Waals surface area contributed by atoms with Crippen molar-refractivity contribution in [3.05, 3.63) is 0 Å². The summed E-state index contributed by atoms with van der Waals surface area (Å²) < 4.78 is 0.546. The van der Waals surface area contributed by atoms with Crippen LogP contribution in [0.3, 0.4) is 0 Å². The monoisotopic (exact) mass is 253 g/mol. The van der Waals surface area contributed by atoms with Gasteiger partial charge in [0.2, 0.25) is 0 Å². The van der Waals surface area contributed by atoms with Crippen molar-refractivity contribution >= 4 is 21.6 Å². The second-order valence-electron chi connectivity index (χ2n) is 4.53. The highest BCUT2D eigenvalue weighted by atomic mass is 33.1. The standard InChI is InChI=1S/C6H12S2.C4H11NO2/c1-5-4-6(2,3)8-7-5;1-3-4(2)5(6)7/h5H,4H2,1-3H3;4,6-7H,3H2,1-2H3. The Kier molecular flexibility index (Phi) is 7.28. The average molecular weight is 253 g/mol. The molecule has 0 aromatic rings. The van der Waals surface area contributed by atoms with Crippen molar-refractivity contribution in [1.82, 2.24) is 5.23 Å². The molecule has 3 nitrogen and oxygen atoms in total. The molecule has 92 valence electrons. The van der Waals surface area contributed by atoms with Crippen molar-refractivity contribution < 1.29 is 10.4 Å². The molecule has 1 heterocycles. The van der Waals surface area contributed by atoms with Crippen LogP contribution in [0.1, 0.15) is 47.5 Å². The molecule has 0 spiro atoms. The summed E-state index contributed by atoms with van der Waals surface area (Å²) >= 11 is 0. The van der Waals surface area contributed by atoms with E-state index in [-0.39, 0.29) is 11.3 Å². The van der Waals surface area contributed by atoms with Gasteiger partial charge >= 0.3 is 0 Å². The first-order chi connectivity index (χ1) is 6.78. The molecule has 1 aliphatic heterocycles. The Hall–Kier alpha value is 0.580. The molecule has 0 amide bonds.